The van der Waals surface area contributed by atoms with E-state index in [4.69, 9.17) is 4.98 Å². The summed E-state index contributed by atoms with van der Waals surface area (Å²) in [6, 6.07) is 13.0. The molecule has 2 heterocycles. The SMILES string of the molecule is Cc1nc(-c2ccccc2)n(C)c1C(C#N)N1CCN(C(C)C)CC1. The van der Waals surface area contributed by atoms with E-state index in [2.05, 4.69) is 46.4 Å². The monoisotopic (exact) mass is 337 g/mol. The summed E-state index contributed by atoms with van der Waals surface area (Å²) in [6.07, 6.45) is 0. The van der Waals surface area contributed by atoms with E-state index in [-0.39, 0.29) is 6.04 Å². The number of aromatic nitrogens is 2. The van der Waals surface area contributed by atoms with E-state index in [1.165, 1.54) is 0 Å². The summed E-state index contributed by atoms with van der Waals surface area (Å²) in [5.41, 5.74) is 3.04. The van der Waals surface area contributed by atoms with Crippen molar-refractivity contribution in [3.63, 3.8) is 0 Å². The molecule has 0 N–H and O–H groups in total. The van der Waals surface area contributed by atoms with Gasteiger partial charge in [0, 0.05) is 44.8 Å². The third kappa shape index (κ3) is 3.46. The van der Waals surface area contributed by atoms with Crippen LogP contribution in [0.5, 0.6) is 0 Å². The lowest BCUT2D eigenvalue weighted by Crippen LogP contribution is -2.49. The largest absolute Gasteiger partial charge is 0.329 e. The first-order chi connectivity index (χ1) is 12.0. The molecular formula is C20H27N5. The van der Waals surface area contributed by atoms with Crippen LogP contribution in [0, 0.1) is 18.3 Å². The Labute approximate surface area is 150 Å². The van der Waals surface area contributed by atoms with Gasteiger partial charge < -0.3 is 4.57 Å². The molecule has 0 amide bonds. The fourth-order valence-corrected chi connectivity index (χ4v) is 3.70. The van der Waals surface area contributed by atoms with Crippen molar-refractivity contribution < 1.29 is 0 Å². The van der Waals surface area contributed by atoms with E-state index in [1.807, 2.05) is 32.2 Å². The third-order valence-electron chi connectivity index (χ3n) is 5.18. The van der Waals surface area contributed by atoms with Crippen LogP contribution >= 0.6 is 0 Å². The molecule has 0 spiro atoms. The Morgan fingerprint density at radius 2 is 1.64 bits per heavy atom. The van der Waals surface area contributed by atoms with Crippen LogP contribution in [-0.4, -0.2) is 51.6 Å². The normalized spacial score (nSPS) is 17.6. The maximum Gasteiger partial charge on any atom is 0.140 e. The van der Waals surface area contributed by atoms with Crippen molar-refractivity contribution in [3.05, 3.63) is 41.7 Å². The fraction of sp³-hybridized carbons (Fsp3) is 0.500. The second kappa shape index (κ2) is 7.38. The molecule has 0 radical (unpaired) electrons. The Morgan fingerprint density at radius 1 is 1.04 bits per heavy atom. The topological polar surface area (TPSA) is 48.1 Å². The lowest BCUT2D eigenvalue weighted by atomic mass is 10.1. The van der Waals surface area contributed by atoms with E-state index in [0.29, 0.717) is 6.04 Å². The highest BCUT2D eigenvalue weighted by molar-refractivity contribution is 5.57. The number of benzene rings is 1. The van der Waals surface area contributed by atoms with Crippen LogP contribution in [0.15, 0.2) is 30.3 Å². The van der Waals surface area contributed by atoms with Crippen LogP contribution in [0.4, 0.5) is 0 Å². The Morgan fingerprint density at radius 3 is 2.20 bits per heavy atom. The Hall–Kier alpha value is -2.16. The zero-order chi connectivity index (χ0) is 18.0. The molecule has 1 aromatic carbocycles. The van der Waals surface area contributed by atoms with Gasteiger partial charge in [-0.3, -0.25) is 9.80 Å². The highest BCUT2D eigenvalue weighted by Crippen LogP contribution is 2.29. The summed E-state index contributed by atoms with van der Waals surface area (Å²) in [5.74, 6) is 0.925. The van der Waals surface area contributed by atoms with E-state index >= 15 is 0 Å². The Balaban J connectivity index is 1.88. The second-order valence-electron chi connectivity index (χ2n) is 7.03. The number of hydrogen-bond acceptors (Lipinski definition) is 4. The summed E-state index contributed by atoms with van der Waals surface area (Å²) in [4.78, 5) is 9.52. The van der Waals surface area contributed by atoms with Gasteiger partial charge in [-0.05, 0) is 20.8 Å². The first kappa shape index (κ1) is 17.7. The summed E-state index contributed by atoms with van der Waals surface area (Å²) in [7, 11) is 2.02. The lowest BCUT2D eigenvalue weighted by Gasteiger charge is -2.38. The number of nitrogens with zero attached hydrogens (tertiary/aromatic N) is 5. The van der Waals surface area contributed by atoms with E-state index in [1.54, 1.807) is 0 Å². The van der Waals surface area contributed by atoms with E-state index in [9.17, 15) is 5.26 Å². The average Bonchev–Trinajstić information content (AvgIpc) is 2.92. The zero-order valence-electron chi connectivity index (χ0n) is 15.6. The summed E-state index contributed by atoms with van der Waals surface area (Å²) >= 11 is 0. The second-order valence-corrected chi connectivity index (χ2v) is 7.03. The average molecular weight is 337 g/mol. The van der Waals surface area contributed by atoms with Crippen molar-refractivity contribution in [1.29, 1.82) is 5.26 Å². The Bertz CT molecular complexity index is 748. The number of aryl methyl sites for hydroxylation is 1. The molecule has 1 fully saturated rings. The van der Waals surface area contributed by atoms with Gasteiger partial charge in [-0.25, -0.2) is 4.98 Å². The van der Waals surface area contributed by atoms with E-state index < -0.39 is 0 Å². The molecule has 1 aromatic heterocycles. The number of rotatable bonds is 4. The van der Waals surface area contributed by atoms with E-state index in [0.717, 1.165) is 49.0 Å². The highest BCUT2D eigenvalue weighted by atomic mass is 15.3. The van der Waals surface area contributed by atoms with Gasteiger partial charge >= 0.3 is 0 Å². The van der Waals surface area contributed by atoms with Crippen molar-refractivity contribution in [2.75, 3.05) is 26.2 Å². The van der Waals surface area contributed by atoms with Crippen LogP contribution in [0.2, 0.25) is 0 Å². The number of nitriles is 1. The van der Waals surface area contributed by atoms with Crippen LogP contribution in [0.1, 0.15) is 31.3 Å². The molecule has 25 heavy (non-hydrogen) atoms. The minimum Gasteiger partial charge on any atom is -0.329 e. The van der Waals surface area contributed by atoms with Crippen LogP contribution in [0.3, 0.4) is 0 Å². The van der Waals surface area contributed by atoms with Crippen molar-refractivity contribution in [2.45, 2.75) is 32.9 Å². The van der Waals surface area contributed by atoms with Gasteiger partial charge in [-0.2, -0.15) is 5.26 Å². The molecule has 132 valence electrons. The van der Waals surface area contributed by atoms with Crippen LogP contribution in [-0.2, 0) is 7.05 Å². The minimum atomic E-state index is -0.246. The molecular weight excluding hydrogens is 310 g/mol. The van der Waals surface area contributed by atoms with Gasteiger partial charge in [0.1, 0.15) is 11.9 Å². The van der Waals surface area contributed by atoms with Crippen molar-refractivity contribution in [3.8, 4) is 17.5 Å². The molecule has 5 heteroatoms. The molecule has 2 aromatic rings. The molecule has 0 bridgehead atoms. The smallest absolute Gasteiger partial charge is 0.140 e. The summed E-state index contributed by atoms with van der Waals surface area (Å²) in [6.45, 7) is 10.3. The molecule has 1 saturated heterocycles. The first-order valence-electron chi connectivity index (χ1n) is 8.99. The van der Waals surface area contributed by atoms with Gasteiger partial charge in [-0.1, -0.05) is 30.3 Å². The van der Waals surface area contributed by atoms with Gasteiger partial charge in [0.05, 0.1) is 17.5 Å². The zero-order valence-corrected chi connectivity index (χ0v) is 15.6. The van der Waals surface area contributed by atoms with Crippen LogP contribution < -0.4 is 0 Å². The van der Waals surface area contributed by atoms with Gasteiger partial charge in [0.15, 0.2) is 0 Å². The first-order valence-corrected chi connectivity index (χ1v) is 8.99. The van der Waals surface area contributed by atoms with Gasteiger partial charge in [0.2, 0.25) is 0 Å². The minimum absolute atomic E-state index is 0.246. The number of hydrogen-bond donors (Lipinski definition) is 0. The summed E-state index contributed by atoms with van der Waals surface area (Å²) < 4.78 is 2.09. The summed E-state index contributed by atoms with van der Waals surface area (Å²) in [5, 5.41) is 9.89. The van der Waals surface area contributed by atoms with Gasteiger partial charge in [-0.15, -0.1) is 0 Å². The maximum absolute atomic E-state index is 9.89. The Kier molecular flexibility index (Phi) is 5.22. The van der Waals surface area contributed by atoms with Crippen molar-refractivity contribution in [2.24, 2.45) is 7.05 Å². The molecule has 5 nitrogen and oxygen atoms in total. The fourth-order valence-electron chi connectivity index (χ4n) is 3.70. The third-order valence-corrected chi connectivity index (χ3v) is 5.18. The maximum atomic E-state index is 9.89. The highest BCUT2D eigenvalue weighted by Gasteiger charge is 2.30. The predicted molar refractivity (Wildman–Crippen MR) is 100 cm³/mol. The molecule has 0 saturated carbocycles. The molecule has 1 atom stereocenters. The molecule has 0 aliphatic carbocycles. The molecule has 1 unspecified atom stereocenters. The van der Waals surface area contributed by atoms with Crippen molar-refractivity contribution in [1.82, 2.24) is 19.4 Å². The standard InChI is InChI=1S/C20H27N5/c1-15(2)24-10-12-25(13-11-24)18(14-21)19-16(3)22-20(23(19)4)17-8-6-5-7-9-17/h5-9,15,18H,10-13H2,1-4H3. The van der Waals surface area contributed by atoms with Gasteiger partial charge in [0.25, 0.3) is 0 Å². The quantitative estimate of drug-likeness (QED) is 0.860. The lowest BCUT2D eigenvalue weighted by molar-refractivity contribution is 0.0912. The van der Waals surface area contributed by atoms with Crippen molar-refractivity contribution >= 4 is 0 Å². The number of imidazole rings is 1. The molecule has 1 aliphatic heterocycles. The molecule has 3 rings (SSSR count). The van der Waals surface area contributed by atoms with Crippen LogP contribution in [0.25, 0.3) is 11.4 Å². The molecule has 1 aliphatic rings. The number of piperazine rings is 1. The predicted octanol–water partition coefficient (Wildman–Crippen LogP) is 2.99.